The summed E-state index contributed by atoms with van der Waals surface area (Å²) in [6.07, 6.45) is 2.24. The first-order chi connectivity index (χ1) is 14.1. The zero-order chi connectivity index (χ0) is 20.6. The molecule has 0 aliphatic rings. The Morgan fingerprint density at radius 3 is 2.69 bits per heavy atom. The highest BCUT2D eigenvalue weighted by molar-refractivity contribution is 5.94. The lowest BCUT2D eigenvalue weighted by atomic mass is 10.1. The fourth-order valence-electron chi connectivity index (χ4n) is 2.68. The van der Waals surface area contributed by atoms with Crippen LogP contribution in [-0.2, 0) is 4.74 Å². The third-order valence-corrected chi connectivity index (χ3v) is 4.25. The monoisotopic (exact) mass is 396 g/mol. The molecule has 0 unspecified atom stereocenters. The van der Waals surface area contributed by atoms with Crippen molar-refractivity contribution in [1.29, 1.82) is 0 Å². The van der Waals surface area contributed by atoms with Crippen LogP contribution >= 0.6 is 0 Å². The van der Waals surface area contributed by atoms with Gasteiger partial charge >= 0.3 is 0 Å². The molecule has 0 aliphatic carbocycles. The van der Waals surface area contributed by atoms with E-state index in [1.165, 1.54) is 6.20 Å². The Kier molecular flexibility index (Phi) is 6.80. The number of aromatic nitrogens is 2. The number of methoxy groups -OCH3 is 2. The molecule has 0 radical (unpaired) electrons. The van der Waals surface area contributed by atoms with Gasteiger partial charge < -0.3 is 14.2 Å². The van der Waals surface area contributed by atoms with Crippen LogP contribution in [0.5, 0.6) is 11.6 Å². The van der Waals surface area contributed by atoms with Crippen molar-refractivity contribution in [3.05, 3.63) is 53.7 Å². The summed E-state index contributed by atoms with van der Waals surface area (Å²) in [4.78, 5) is 21.1. The summed E-state index contributed by atoms with van der Waals surface area (Å²) < 4.78 is 15.7. The first-order valence-corrected chi connectivity index (χ1v) is 9.20. The lowest BCUT2D eigenvalue weighted by Gasteiger charge is -2.12. The number of rotatable bonds is 9. The maximum absolute atomic E-state index is 12.4. The molecule has 0 atom stereocenters. The third-order valence-electron chi connectivity index (χ3n) is 4.25. The predicted molar refractivity (Wildman–Crippen MR) is 110 cm³/mol. The summed E-state index contributed by atoms with van der Waals surface area (Å²) in [5.74, 6) is 1.49. The van der Waals surface area contributed by atoms with E-state index in [-0.39, 0.29) is 5.91 Å². The first-order valence-electron chi connectivity index (χ1n) is 9.20. The first kappa shape index (κ1) is 20.3. The number of aryl methyl sites for hydroxylation is 1. The molecule has 0 aliphatic heterocycles. The highest BCUT2D eigenvalue weighted by Crippen LogP contribution is 2.23. The van der Waals surface area contributed by atoms with Crippen LogP contribution in [0.2, 0.25) is 0 Å². The van der Waals surface area contributed by atoms with Crippen molar-refractivity contribution in [2.75, 3.05) is 32.9 Å². The number of hydrazine groups is 1. The second kappa shape index (κ2) is 9.70. The van der Waals surface area contributed by atoms with Crippen molar-refractivity contribution < 1.29 is 19.0 Å². The number of nitrogens with one attached hydrogen (secondary N) is 2. The van der Waals surface area contributed by atoms with Crippen LogP contribution in [0.1, 0.15) is 22.3 Å². The number of carbonyl (C=O) groups is 1. The average Bonchev–Trinajstić information content (AvgIpc) is 2.75. The second-order valence-electron chi connectivity index (χ2n) is 6.37. The lowest BCUT2D eigenvalue weighted by molar-refractivity contribution is 0.0962. The molecule has 0 saturated heterocycles. The summed E-state index contributed by atoms with van der Waals surface area (Å²) in [6.45, 7) is 3.05. The fraction of sp³-hybridized carbons (Fsp3) is 0.286. The molecule has 1 aromatic carbocycles. The number of fused-ring (bicyclic) bond motifs is 1. The molecular weight excluding hydrogens is 372 g/mol. The number of hydrogen-bond donors (Lipinski definition) is 2. The minimum absolute atomic E-state index is 0.320. The van der Waals surface area contributed by atoms with Gasteiger partial charge in [-0.25, -0.2) is 9.97 Å². The van der Waals surface area contributed by atoms with Crippen molar-refractivity contribution in [2.45, 2.75) is 13.3 Å². The molecular formula is C21H24N4O4. The predicted octanol–water partition coefficient (Wildman–Crippen LogP) is 3.12. The number of ether oxygens (including phenoxy) is 3. The van der Waals surface area contributed by atoms with E-state index in [1.54, 1.807) is 26.4 Å². The maximum atomic E-state index is 12.4. The van der Waals surface area contributed by atoms with Gasteiger partial charge in [-0.15, -0.1) is 0 Å². The number of carbonyl (C=O) groups excluding carboxylic acids is 1. The van der Waals surface area contributed by atoms with Crippen molar-refractivity contribution in [1.82, 2.24) is 15.4 Å². The van der Waals surface area contributed by atoms with Gasteiger partial charge in [0.25, 0.3) is 5.91 Å². The topological polar surface area (TPSA) is 94.6 Å². The molecule has 2 aromatic heterocycles. The van der Waals surface area contributed by atoms with Crippen LogP contribution in [-0.4, -0.2) is 43.3 Å². The zero-order valence-electron chi connectivity index (χ0n) is 16.7. The number of amides is 1. The Hall–Kier alpha value is -3.39. The van der Waals surface area contributed by atoms with Gasteiger partial charge in [0.1, 0.15) is 11.6 Å². The molecule has 152 valence electrons. The average molecular weight is 396 g/mol. The highest BCUT2D eigenvalue weighted by Gasteiger charge is 2.09. The van der Waals surface area contributed by atoms with E-state index < -0.39 is 0 Å². The Labute approximate surface area is 169 Å². The molecule has 29 heavy (non-hydrogen) atoms. The Bertz CT molecular complexity index is 976. The smallest absolute Gasteiger partial charge is 0.271 e. The summed E-state index contributed by atoms with van der Waals surface area (Å²) in [5.41, 5.74) is 7.63. The number of pyridine rings is 2. The summed E-state index contributed by atoms with van der Waals surface area (Å²) in [5, 5.41) is 0.962. The Balaban J connectivity index is 1.60. The quantitative estimate of drug-likeness (QED) is 0.424. The van der Waals surface area contributed by atoms with E-state index in [9.17, 15) is 4.79 Å². The summed E-state index contributed by atoms with van der Waals surface area (Å²) in [6, 6.07) is 10.9. The van der Waals surface area contributed by atoms with E-state index in [1.807, 2.05) is 31.2 Å². The summed E-state index contributed by atoms with van der Waals surface area (Å²) in [7, 11) is 3.27. The molecule has 0 spiro atoms. The number of nitrogens with zero attached hydrogens (tertiary/aromatic N) is 2. The van der Waals surface area contributed by atoms with E-state index in [0.717, 1.165) is 28.6 Å². The molecule has 2 N–H and O–H groups in total. The molecule has 3 aromatic rings. The number of hydrogen-bond acceptors (Lipinski definition) is 7. The van der Waals surface area contributed by atoms with Gasteiger partial charge in [-0.05, 0) is 42.8 Å². The SMILES string of the molecule is COCCCOc1ccc(C(=O)NNc2nc3ccc(OC)cc3cc2C)cn1. The molecule has 2 heterocycles. The van der Waals surface area contributed by atoms with Crippen LogP contribution in [0.15, 0.2) is 42.6 Å². The van der Waals surface area contributed by atoms with Gasteiger partial charge in [0, 0.05) is 37.8 Å². The molecule has 8 nitrogen and oxygen atoms in total. The molecule has 1 amide bonds. The van der Waals surface area contributed by atoms with Crippen molar-refractivity contribution >= 4 is 22.6 Å². The van der Waals surface area contributed by atoms with E-state index >= 15 is 0 Å². The standard InChI is InChI=1S/C21H24N4O4/c1-14-11-16-12-17(28-3)6-7-18(16)23-20(14)24-25-21(26)15-5-8-19(22-13-15)29-10-4-9-27-2/h5-8,11-13H,4,9-10H2,1-3H3,(H,23,24)(H,25,26). The van der Waals surface area contributed by atoms with Gasteiger partial charge in [-0.1, -0.05) is 0 Å². The van der Waals surface area contributed by atoms with Crippen LogP contribution in [0, 0.1) is 6.92 Å². The Morgan fingerprint density at radius 2 is 1.97 bits per heavy atom. The Morgan fingerprint density at radius 1 is 1.10 bits per heavy atom. The van der Waals surface area contributed by atoms with Gasteiger partial charge in [0.05, 0.1) is 24.8 Å². The number of anilines is 1. The molecule has 0 fully saturated rings. The van der Waals surface area contributed by atoms with E-state index in [0.29, 0.717) is 30.5 Å². The van der Waals surface area contributed by atoms with Crippen LogP contribution in [0.4, 0.5) is 5.82 Å². The molecule has 0 saturated carbocycles. The van der Waals surface area contributed by atoms with Crippen LogP contribution in [0.25, 0.3) is 10.9 Å². The molecule has 0 bridgehead atoms. The largest absolute Gasteiger partial charge is 0.497 e. The fourth-order valence-corrected chi connectivity index (χ4v) is 2.68. The third kappa shape index (κ3) is 5.32. The van der Waals surface area contributed by atoms with E-state index in [4.69, 9.17) is 14.2 Å². The van der Waals surface area contributed by atoms with Gasteiger partial charge in [-0.3, -0.25) is 15.6 Å². The molecule has 8 heteroatoms. The summed E-state index contributed by atoms with van der Waals surface area (Å²) >= 11 is 0. The number of benzene rings is 1. The second-order valence-corrected chi connectivity index (χ2v) is 6.37. The van der Waals surface area contributed by atoms with E-state index in [2.05, 4.69) is 20.8 Å². The normalized spacial score (nSPS) is 10.6. The lowest BCUT2D eigenvalue weighted by Crippen LogP contribution is -2.30. The van der Waals surface area contributed by atoms with Crippen molar-refractivity contribution in [3.8, 4) is 11.6 Å². The van der Waals surface area contributed by atoms with Gasteiger partial charge in [-0.2, -0.15) is 0 Å². The van der Waals surface area contributed by atoms with Gasteiger partial charge in [0.2, 0.25) is 5.88 Å². The van der Waals surface area contributed by atoms with Crippen molar-refractivity contribution in [3.63, 3.8) is 0 Å². The maximum Gasteiger partial charge on any atom is 0.271 e. The molecule has 3 rings (SSSR count). The van der Waals surface area contributed by atoms with Crippen LogP contribution < -0.4 is 20.3 Å². The van der Waals surface area contributed by atoms with Crippen molar-refractivity contribution in [2.24, 2.45) is 0 Å². The highest BCUT2D eigenvalue weighted by atomic mass is 16.5. The minimum atomic E-state index is -0.320. The zero-order valence-corrected chi connectivity index (χ0v) is 16.7. The minimum Gasteiger partial charge on any atom is -0.497 e. The van der Waals surface area contributed by atoms with Crippen LogP contribution in [0.3, 0.4) is 0 Å². The van der Waals surface area contributed by atoms with Gasteiger partial charge in [0.15, 0.2) is 0 Å².